The van der Waals surface area contributed by atoms with E-state index in [0.717, 1.165) is 11.8 Å². The van der Waals surface area contributed by atoms with Crippen molar-refractivity contribution >= 4 is 23.2 Å². The highest BCUT2D eigenvalue weighted by molar-refractivity contribution is 7.95. The highest BCUT2D eigenvalue weighted by Crippen LogP contribution is 2.58. The van der Waals surface area contributed by atoms with Gasteiger partial charge in [0.25, 0.3) is 0 Å². The standard InChI is InChI=1S/C28H34P.BrH/c1-2-12-24-19-21-25(22-20-24)23-29(26-13-6-3-7-14-26,27-15-8-4-9-16-27)28-17-10-5-11-18-28;/h3-11,13-18,24-25H,2,12,19-23H2,1H3;1H/q+1;/p-1. The Morgan fingerprint density at radius 1 is 0.600 bits per heavy atom. The summed E-state index contributed by atoms with van der Waals surface area (Å²) < 4.78 is 0. The third-order valence-electron chi connectivity index (χ3n) is 6.79. The Balaban J connectivity index is 0.00000256. The first kappa shape index (κ1) is 23.2. The van der Waals surface area contributed by atoms with Crippen molar-refractivity contribution in [3.05, 3.63) is 91.0 Å². The maximum Gasteiger partial charge on any atom is 0.112 e. The van der Waals surface area contributed by atoms with Crippen LogP contribution >= 0.6 is 7.26 Å². The van der Waals surface area contributed by atoms with Gasteiger partial charge in [0, 0.05) is 0 Å². The Kier molecular flexibility index (Phi) is 8.72. The first-order chi connectivity index (χ1) is 14.3. The van der Waals surface area contributed by atoms with Gasteiger partial charge in [0.1, 0.15) is 23.2 Å². The second-order valence-corrected chi connectivity index (χ2v) is 12.2. The van der Waals surface area contributed by atoms with Crippen molar-refractivity contribution in [1.82, 2.24) is 0 Å². The number of halogens is 1. The van der Waals surface area contributed by atoms with Crippen LogP contribution in [0.3, 0.4) is 0 Å². The highest BCUT2D eigenvalue weighted by Gasteiger charge is 2.47. The normalized spacial score (nSPS) is 19.1. The molecule has 0 spiro atoms. The summed E-state index contributed by atoms with van der Waals surface area (Å²) in [7, 11) is -1.66. The van der Waals surface area contributed by atoms with Crippen molar-refractivity contribution in [2.45, 2.75) is 45.4 Å². The summed E-state index contributed by atoms with van der Waals surface area (Å²) in [5.41, 5.74) is 0. The molecule has 0 nitrogen and oxygen atoms in total. The van der Waals surface area contributed by atoms with Gasteiger partial charge in [0.05, 0.1) is 6.16 Å². The first-order valence-electron chi connectivity index (χ1n) is 11.4. The molecule has 30 heavy (non-hydrogen) atoms. The molecule has 0 atom stereocenters. The fourth-order valence-corrected chi connectivity index (χ4v) is 10.0. The molecule has 0 heterocycles. The zero-order valence-electron chi connectivity index (χ0n) is 18.1. The van der Waals surface area contributed by atoms with Crippen LogP contribution in [0.15, 0.2) is 91.0 Å². The molecular weight excluding hydrogens is 447 g/mol. The Morgan fingerprint density at radius 2 is 0.967 bits per heavy atom. The van der Waals surface area contributed by atoms with Crippen LogP contribution < -0.4 is 32.9 Å². The monoisotopic (exact) mass is 480 g/mol. The van der Waals surface area contributed by atoms with Crippen LogP contribution in [-0.2, 0) is 0 Å². The number of benzene rings is 3. The Morgan fingerprint density at radius 3 is 1.33 bits per heavy atom. The zero-order chi connectivity index (χ0) is 19.9. The van der Waals surface area contributed by atoms with Crippen LogP contribution in [0.2, 0.25) is 0 Å². The molecule has 0 aromatic heterocycles. The number of hydrogen-bond acceptors (Lipinski definition) is 0. The van der Waals surface area contributed by atoms with Gasteiger partial charge in [-0.3, -0.25) is 0 Å². The van der Waals surface area contributed by atoms with Gasteiger partial charge in [-0.1, -0.05) is 87.2 Å². The molecule has 1 aliphatic carbocycles. The Labute approximate surface area is 194 Å². The summed E-state index contributed by atoms with van der Waals surface area (Å²) in [4.78, 5) is 0. The minimum atomic E-state index is -1.66. The topological polar surface area (TPSA) is 0 Å². The molecule has 4 rings (SSSR count). The van der Waals surface area contributed by atoms with Gasteiger partial charge >= 0.3 is 0 Å². The van der Waals surface area contributed by atoms with E-state index in [1.54, 1.807) is 0 Å². The summed E-state index contributed by atoms with van der Waals surface area (Å²) in [6, 6.07) is 34.2. The second-order valence-electron chi connectivity index (χ2n) is 8.67. The molecule has 1 aliphatic rings. The fourth-order valence-electron chi connectivity index (χ4n) is 5.31. The third-order valence-corrected chi connectivity index (χ3v) is 11.4. The third kappa shape index (κ3) is 5.06. The average molecular weight is 481 g/mol. The van der Waals surface area contributed by atoms with Crippen molar-refractivity contribution in [3.8, 4) is 0 Å². The lowest BCUT2D eigenvalue weighted by atomic mass is 9.81. The quantitative estimate of drug-likeness (QED) is 0.453. The van der Waals surface area contributed by atoms with Gasteiger partial charge in [-0.15, -0.1) is 0 Å². The van der Waals surface area contributed by atoms with E-state index in [-0.39, 0.29) is 17.0 Å². The van der Waals surface area contributed by atoms with E-state index in [4.69, 9.17) is 0 Å². The smallest absolute Gasteiger partial charge is 0.112 e. The van der Waals surface area contributed by atoms with E-state index in [9.17, 15) is 0 Å². The molecule has 0 radical (unpaired) electrons. The summed E-state index contributed by atoms with van der Waals surface area (Å²) in [5.74, 6) is 1.80. The van der Waals surface area contributed by atoms with Gasteiger partial charge in [0.2, 0.25) is 0 Å². The minimum absolute atomic E-state index is 0. The fraction of sp³-hybridized carbons (Fsp3) is 0.357. The lowest BCUT2D eigenvalue weighted by Crippen LogP contribution is -3.00. The van der Waals surface area contributed by atoms with Crippen molar-refractivity contribution in [2.24, 2.45) is 11.8 Å². The van der Waals surface area contributed by atoms with E-state index in [2.05, 4.69) is 97.9 Å². The molecule has 1 fully saturated rings. The molecule has 0 unspecified atom stereocenters. The molecule has 0 saturated heterocycles. The van der Waals surface area contributed by atoms with Gasteiger partial charge < -0.3 is 17.0 Å². The molecule has 3 aromatic carbocycles. The van der Waals surface area contributed by atoms with Gasteiger partial charge in [0.15, 0.2) is 0 Å². The maximum absolute atomic E-state index is 2.39. The van der Waals surface area contributed by atoms with Crippen LogP contribution in [0.1, 0.15) is 45.4 Å². The van der Waals surface area contributed by atoms with Crippen LogP contribution in [0.5, 0.6) is 0 Å². The number of hydrogen-bond donors (Lipinski definition) is 0. The molecular formula is C28H34BrP. The Hall–Kier alpha value is -1.43. The van der Waals surface area contributed by atoms with Crippen molar-refractivity contribution in [3.63, 3.8) is 0 Å². The van der Waals surface area contributed by atoms with Crippen LogP contribution in [0.25, 0.3) is 0 Å². The maximum atomic E-state index is 2.39. The minimum Gasteiger partial charge on any atom is -1.00 e. The zero-order valence-corrected chi connectivity index (χ0v) is 20.6. The van der Waals surface area contributed by atoms with Gasteiger partial charge in [-0.05, 0) is 61.1 Å². The lowest BCUT2D eigenvalue weighted by molar-refractivity contribution is -0.00000585. The van der Waals surface area contributed by atoms with Gasteiger partial charge in [-0.2, -0.15) is 0 Å². The predicted molar refractivity (Wildman–Crippen MR) is 130 cm³/mol. The largest absolute Gasteiger partial charge is 1.00 e. The molecule has 0 N–H and O–H groups in total. The van der Waals surface area contributed by atoms with Crippen molar-refractivity contribution in [1.29, 1.82) is 0 Å². The van der Waals surface area contributed by atoms with Crippen molar-refractivity contribution < 1.29 is 17.0 Å². The van der Waals surface area contributed by atoms with Crippen LogP contribution in [0, 0.1) is 11.8 Å². The number of rotatable bonds is 7. The summed E-state index contributed by atoms with van der Waals surface area (Å²) >= 11 is 0. The molecule has 158 valence electrons. The molecule has 1 saturated carbocycles. The molecule has 0 amide bonds. The van der Waals surface area contributed by atoms with Gasteiger partial charge in [-0.25, -0.2) is 0 Å². The summed E-state index contributed by atoms with van der Waals surface area (Å²) in [6.45, 7) is 2.34. The van der Waals surface area contributed by atoms with E-state index < -0.39 is 7.26 Å². The average Bonchev–Trinajstić information content (AvgIpc) is 2.80. The summed E-state index contributed by atoms with van der Waals surface area (Å²) in [6.07, 6.45) is 9.73. The predicted octanol–water partition coefficient (Wildman–Crippen LogP) is 3.59. The molecule has 3 aromatic rings. The Bertz CT molecular complexity index is 758. The highest BCUT2D eigenvalue weighted by atomic mass is 79.9. The lowest BCUT2D eigenvalue weighted by Gasteiger charge is -2.34. The first-order valence-corrected chi connectivity index (χ1v) is 13.3. The summed E-state index contributed by atoms with van der Waals surface area (Å²) in [5, 5.41) is 4.61. The molecule has 2 heteroatoms. The van der Waals surface area contributed by atoms with E-state index in [1.165, 1.54) is 60.6 Å². The van der Waals surface area contributed by atoms with Crippen molar-refractivity contribution in [2.75, 3.05) is 6.16 Å². The van der Waals surface area contributed by atoms with E-state index in [0.29, 0.717) is 0 Å². The molecule has 0 bridgehead atoms. The van der Waals surface area contributed by atoms with Crippen LogP contribution in [0.4, 0.5) is 0 Å². The van der Waals surface area contributed by atoms with E-state index in [1.807, 2.05) is 0 Å². The molecule has 0 aliphatic heterocycles. The van der Waals surface area contributed by atoms with E-state index >= 15 is 0 Å². The van der Waals surface area contributed by atoms with Crippen LogP contribution in [-0.4, -0.2) is 6.16 Å². The second kappa shape index (κ2) is 11.3. The SMILES string of the molecule is CCCC1CCC(C[P+](c2ccccc2)(c2ccccc2)c2ccccc2)CC1.[Br-].